The van der Waals surface area contributed by atoms with E-state index in [1.807, 2.05) is 4.90 Å². The number of guanidine groups is 1. The van der Waals surface area contributed by atoms with Gasteiger partial charge in [-0.25, -0.2) is 0 Å². The molecule has 0 amide bonds. The Morgan fingerprint density at radius 3 is 2.93 bits per heavy atom. The van der Waals surface area contributed by atoms with Gasteiger partial charge < -0.3 is 21.5 Å². The minimum atomic E-state index is -0.132. The first-order valence-electron chi connectivity index (χ1n) is 5.09. The summed E-state index contributed by atoms with van der Waals surface area (Å²) in [5, 5.41) is 16.2. The third kappa shape index (κ3) is 3.16. The molecule has 1 rings (SSSR count). The predicted molar refractivity (Wildman–Crippen MR) is 55.9 cm³/mol. The van der Waals surface area contributed by atoms with Gasteiger partial charge >= 0.3 is 0 Å². The number of nitrogens with zero attached hydrogens (tertiary/aromatic N) is 1. The lowest BCUT2D eigenvalue weighted by atomic mass is 9.92. The molecule has 1 aliphatic rings. The second-order valence-corrected chi connectivity index (χ2v) is 4.02. The lowest BCUT2D eigenvalue weighted by molar-refractivity contribution is 0.200. The molecule has 0 radical (unpaired) electrons. The number of hydrogen-bond donors (Lipinski definition) is 4. The first-order valence-corrected chi connectivity index (χ1v) is 5.09. The number of nitrogens with two attached hydrogens (primary N) is 2. The van der Waals surface area contributed by atoms with Crippen LogP contribution >= 0.6 is 0 Å². The summed E-state index contributed by atoms with van der Waals surface area (Å²) in [6.07, 6.45) is 3.00. The summed E-state index contributed by atoms with van der Waals surface area (Å²) >= 11 is 0. The first-order chi connectivity index (χ1) is 6.63. The molecule has 2 atom stereocenters. The molecule has 1 fully saturated rings. The molecule has 0 aromatic carbocycles. The van der Waals surface area contributed by atoms with E-state index in [1.54, 1.807) is 0 Å². The summed E-state index contributed by atoms with van der Waals surface area (Å²) in [5.74, 6) is 0.613. The van der Waals surface area contributed by atoms with Gasteiger partial charge in [0.15, 0.2) is 5.96 Å². The highest BCUT2D eigenvalue weighted by atomic mass is 16.3. The Kier molecular flexibility index (Phi) is 4.16. The fraction of sp³-hybridized carbons (Fsp3) is 0.889. The zero-order chi connectivity index (χ0) is 10.6. The van der Waals surface area contributed by atoms with Crippen molar-refractivity contribution in [3.63, 3.8) is 0 Å². The van der Waals surface area contributed by atoms with Crippen molar-refractivity contribution >= 4 is 5.96 Å². The maximum Gasteiger partial charge on any atom is 0.188 e. The largest absolute Gasteiger partial charge is 0.395 e. The van der Waals surface area contributed by atoms with Gasteiger partial charge in [-0.15, -0.1) is 0 Å². The van der Waals surface area contributed by atoms with E-state index < -0.39 is 0 Å². The standard InChI is InChI=1S/C9H20N4O/c10-8(6-14)4-7-2-1-3-13(5-7)9(11)12/h7-8,14H,1-6,10H2,(H3,11,12)/t7-,8+/m1/s1. The molecular formula is C9H20N4O. The molecule has 1 heterocycles. The van der Waals surface area contributed by atoms with Crippen LogP contribution < -0.4 is 11.5 Å². The van der Waals surface area contributed by atoms with Crippen LogP contribution in [-0.4, -0.2) is 41.7 Å². The maximum absolute atomic E-state index is 8.83. The first kappa shape index (κ1) is 11.3. The third-order valence-electron chi connectivity index (χ3n) is 2.73. The fourth-order valence-electron chi connectivity index (χ4n) is 1.98. The number of aliphatic hydroxyl groups excluding tert-OH is 1. The van der Waals surface area contributed by atoms with E-state index >= 15 is 0 Å². The molecule has 0 bridgehead atoms. The Labute approximate surface area is 84.6 Å². The van der Waals surface area contributed by atoms with Gasteiger partial charge in [0.2, 0.25) is 0 Å². The van der Waals surface area contributed by atoms with Crippen molar-refractivity contribution in [2.24, 2.45) is 17.4 Å². The van der Waals surface area contributed by atoms with Crippen LogP contribution in [0.1, 0.15) is 19.3 Å². The Morgan fingerprint density at radius 2 is 2.36 bits per heavy atom. The smallest absolute Gasteiger partial charge is 0.188 e. The molecular weight excluding hydrogens is 180 g/mol. The second kappa shape index (κ2) is 5.17. The molecule has 5 heteroatoms. The van der Waals surface area contributed by atoms with Gasteiger partial charge in [0.25, 0.3) is 0 Å². The molecule has 5 nitrogen and oxygen atoms in total. The quantitative estimate of drug-likeness (QED) is 0.357. The minimum Gasteiger partial charge on any atom is -0.395 e. The third-order valence-corrected chi connectivity index (χ3v) is 2.73. The van der Waals surface area contributed by atoms with Crippen LogP contribution in [0.5, 0.6) is 0 Å². The Bertz CT molecular complexity index is 197. The van der Waals surface area contributed by atoms with Crippen molar-refractivity contribution < 1.29 is 5.11 Å². The fourth-order valence-corrected chi connectivity index (χ4v) is 1.98. The van der Waals surface area contributed by atoms with Gasteiger partial charge in [0.1, 0.15) is 0 Å². The van der Waals surface area contributed by atoms with Gasteiger partial charge in [-0.05, 0) is 25.2 Å². The summed E-state index contributed by atoms with van der Waals surface area (Å²) in [7, 11) is 0. The number of piperidine rings is 1. The van der Waals surface area contributed by atoms with Gasteiger partial charge in [0, 0.05) is 19.1 Å². The Hall–Kier alpha value is -0.810. The summed E-state index contributed by atoms with van der Waals surface area (Å²) in [6, 6.07) is -0.132. The lowest BCUT2D eigenvalue weighted by Crippen LogP contribution is -2.44. The highest BCUT2D eigenvalue weighted by Gasteiger charge is 2.22. The average Bonchev–Trinajstić information content (AvgIpc) is 2.18. The highest BCUT2D eigenvalue weighted by Crippen LogP contribution is 2.19. The second-order valence-electron chi connectivity index (χ2n) is 4.02. The van der Waals surface area contributed by atoms with Crippen molar-refractivity contribution in [2.75, 3.05) is 19.7 Å². The van der Waals surface area contributed by atoms with Crippen molar-refractivity contribution in [3.8, 4) is 0 Å². The van der Waals surface area contributed by atoms with Crippen molar-refractivity contribution in [3.05, 3.63) is 0 Å². The zero-order valence-electron chi connectivity index (χ0n) is 8.45. The predicted octanol–water partition coefficient (Wildman–Crippen LogP) is -0.698. The van der Waals surface area contributed by atoms with Crippen LogP contribution in [0.3, 0.4) is 0 Å². The summed E-state index contributed by atoms with van der Waals surface area (Å²) < 4.78 is 0. The summed E-state index contributed by atoms with van der Waals surface area (Å²) in [5.41, 5.74) is 11.1. The average molecular weight is 200 g/mol. The van der Waals surface area contributed by atoms with E-state index in [-0.39, 0.29) is 18.6 Å². The van der Waals surface area contributed by atoms with E-state index in [0.29, 0.717) is 5.92 Å². The SMILES string of the molecule is N=C(N)N1CCC[C@H](C[C@H](N)CO)C1. The van der Waals surface area contributed by atoms with Crippen LogP contribution in [0, 0.1) is 11.3 Å². The number of likely N-dealkylation sites (tertiary alicyclic amines) is 1. The molecule has 0 saturated carbocycles. The van der Waals surface area contributed by atoms with E-state index in [4.69, 9.17) is 22.0 Å². The van der Waals surface area contributed by atoms with Crippen molar-refractivity contribution in [1.82, 2.24) is 4.90 Å². The number of aliphatic hydroxyl groups is 1. The van der Waals surface area contributed by atoms with E-state index in [0.717, 1.165) is 32.4 Å². The molecule has 0 unspecified atom stereocenters. The molecule has 6 N–H and O–H groups in total. The molecule has 1 aliphatic heterocycles. The Balaban J connectivity index is 2.36. The van der Waals surface area contributed by atoms with Crippen LogP contribution in [0.4, 0.5) is 0 Å². The topological polar surface area (TPSA) is 99.4 Å². The molecule has 1 saturated heterocycles. The van der Waals surface area contributed by atoms with E-state index in [2.05, 4.69) is 0 Å². The summed E-state index contributed by atoms with van der Waals surface area (Å²) in [6.45, 7) is 1.72. The number of nitrogens with one attached hydrogen (secondary N) is 1. The maximum atomic E-state index is 8.83. The molecule has 0 aromatic rings. The molecule has 82 valence electrons. The van der Waals surface area contributed by atoms with Gasteiger partial charge in [0.05, 0.1) is 6.61 Å². The monoisotopic (exact) mass is 200 g/mol. The van der Waals surface area contributed by atoms with E-state index in [1.165, 1.54) is 0 Å². The number of rotatable bonds is 3. The van der Waals surface area contributed by atoms with Crippen LogP contribution in [0.2, 0.25) is 0 Å². The van der Waals surface area contributed by atoms with E-state index in [9.17, 15) is 0 Å². The zero-order valence-corrected chi connectivity index (χ0v) is 8.45. The highest BCUT2D eigenvalue weighted by molar-refractivity contribution is 5.74. The Morgan fingerprint density at radius 1 is 1.64 bits per heavy atom. The summed E-state index contributed by atoms with van der Waals surface area (Å²) in [4.78, 5) is 1.87. The number of hydrogen-bond acceptors (Lipinski definition) is 3. The minimum absolute atomic E-state index is 0.0383. The van der Waals surface area contributed by atoms with Crippen LogP contribution in [-0.2, 0) is 0 Å². The molecule has 0 aromatic heterocycles. The van der Waals surface area contributed by atoms with Gasteiger partial charge in [-0.3, -0.25) is 5.41 Å². The molecule has 14 heavy (non-hydrogen) atoms. The normalized spacial score (nSPS) is 24.7. The van der Waals surface area contributed by atoms with Crippen LogP contribution in [0.25, 0.3) is 0 Å². The van der Waals surface area contributed by atoms with Crippen molar-refractivity contribution in [2.45, 2.75) is 25.3 Å². The van der Waals surface area contributed by atoms with Gasteiger partial charge in [-0.2, -0.15) is 0 Å². The van der Waals surface area contributed by atoms with Crippen molar-refractivity contribution in [1.29, 1.82) is 5.41 Å². The molecule has 0 spiro atoms. The molecule has 0 aliphatic carbocycles. The van der Waals surface area contributed by atoms with Crippen LogP contribution in [0.15, 0.2) is 0 Å². The lowest BCUT2D eigenvalue weighted by Gasteiger charge is -2.33. The van der Waals surface area contributed by atoms with Gasteiger partial charge in [-0.1, -0.05) is 0 Å².